The van der Waals surface area contributed by atoms with Crippen LogP contribution in [0.5, 0.6) is 17.2 Å². The molecule has 2 aromatic carbocycles. The van der Waals surface area contributed by atoms with E-state index in [0.29, 0.717) is 16.5 Å². The number of ether oxygens (including phenoxy) is 6. The molecule has 0 amide bonds. The standard InChI is InChI=1S/C28H32O11/c1-11-18(35-13(3)29)10-16-8-15-9-17-24(22(32)19(15)21(31)20(16)23(11)36-14(4)30)38-28(33,26(17)34-7)25-12(2)37-27(5,6)39-25/h8,10,12,17,24-26,31,33H,9H2,1-7H3/t12-,17?,24+,25+,26+,28?/m1/s1. The minimum absolute atomic E-state index is 0.00661. The Kier molecular flexibility index (Phi) is 6.51. The van der Waals surface area contributed by atoms with Crippen LogP contribution >= 0.6 is 0 Å². The lowest BCUT2D eigenvalue weighted by Crippen LogP contribution is -2.55. The fourth-order valence-electron chi connectivity index (χ4n) is 6.23. The zero-order chi connectivity index (χ0) is 28.6. The van der Waals surface area contributed by atoms with Crippen molar-refractivity contribution in [1.82, 2.24) is 0 Å². The highest BCUT2D eigenvalue weighted by Crippen LogP contribution is 2.51. The van der Waals surface area contributed by atoms with Crippen molar-refractivity contribution in [2.24, 2.45) is 5.92 Å². The van der Waals surface area contributed by atoms with E-state index in [1.807, 2.05) is 0 Å². The number of hydrogen-bond donors (Lipinski definition) is 2. The normalized spacial score (nSPS) is 31.2. The first-order chi connectivity index (χ1) is 18.2. The Morgan fingerprint density at radius 3 is 2.31 bits per heavy atom. The number of ketones is 1. The van der Waals surface area contributed by atoms with E-state index in [-0.39, 0.29) is 28.9 Å². The summed E-state index contributed by atoms with van der Waals surface area (Å²) in [5.74, 6) is -5.68. The van der Waals surface area contributed by atoms with Gasteiger partial charge in [-0.25, -0.2) is 0 Å². The maximum absolute atomic E-state index is 13.9. The molecule has 2 heterocycles. The predicted molar refractivity (Wildman–Crippen MR) is 135 cm³/mol. The Morgan fingerprint density at radius 2 is 1.74 bits per heavy atom. The quantitative estimate of drug-likeness (QED) is 0.432. The Bertz CT molecular complexity index is 1400. The Morgan fingerprint density at radius 1 is 1.08 bits per heavy atom. The van der Waals surface area contributed by atoms with Crippen molar-refractivity contribution in [3.8, 4) is 17.2 Å². The molecule has 5 rings (SSSR count). The van der Waals surface area contributed by atoms with Gasteiger partial charge in [0.1, 0.15) is 35.6 Å². The number of aliphatic hydroxyl groups is 1. The van der Waals surface area contributed by atoms with Gasteiger partial charge < -0.3 is 38.6 Å². The lowest BCUT2D eigenvalue weighted by atomic mass is 9.76. The molecule has 210 valence electrons. The smallest absolute Gasteiger partial charge is 0.308 e. The molecule has 3 aliphatic rings. The minimum atomic E-state index is -2.01. The number of fused-ring (bicyclic) bond motifs is 3. The summed E-state index contributed by atoms with van der Waals surface area (Å²) in [6, 6.07) is 3.21. The molecule has 0 spiro atoms. The summed E-state index contributed by atoms with van der Waals surface area (Å²) in [7, 11) is 1.42. The predicted octanol–water partition coefficient (Wildman–Crippen LogP) is 2.70. The van der Waals surface area contributed by atoms with Crippen molar-refractivity contribution in [2.75, 3.05) is 7.11 Å². The molecule has 6 atom stereocenters. The average molecular weight is 545 g/mol. The molecular formula is C28H32O11. The van der Waals surface area contributed by atoms with Gasteiger partial charge in [-0.15, -0.1) is 0 Å². The summed E-state index contributed by atoms with van der Waals surface area (Å²) in [4.78, 5) is 37.5. The zero-order valence-electron chi connectivity index (χ0n) is 22.8. The van der Waals surface area contributed by atoms with Crippen molar-refractivity contribution in [1.29, 1.82) is 0 Å². The second kappa shape index (κ2) is 9.24. The molecule has 11 heteroatoms. The molecule has 2 unspecified atom stereocenters. The second-order valence-corrected chi connectivity index (χ2v) is 10.8. The van der Waals surface area contributed by atoms with Gasteiger partial charge >= 0.3 is 11.9 Å². The molecule has 0 radical (unpaired) electrons. The molecule has 2 fully saturated rings. The number of methoxy groups -OCH3 is 1. The van der Waals surface area contributed by atoms with Gasteiger partial charge in [0.25, 0.3) is 0 Å². The highest BCUT2D eigenvalue weighted by atomic mass is 16.8. The molecule has 1 aliphatic carbocycles. The van der Waals surface area contributed by atoms with Crippen LogP contribution in [0.3, 0.4) is 0 Å². The van der Waals surface area contributed by atoms with Crippen LogP contribution in [0, 0.1) is 12.8 Å². The van der Waals surface area contributed by atoms with E-state index in [2.05, 4.69) is 0 Å². The zero-order valence-corrected chi connectivity index (χ0v) is 22.8. The summed E-state index contributed by atoms with van der Waals surface area (Å²) < 4.78 is 34.3. The van der Waals surface area contributed by atoms with Crippen LogP contribution in [0.4, 0.5) is 0 Å². The molecule has 0 aromatic heterocycles. The monoisotopic (exact) mass is 544 g/mol. The lowest BCUT2D eigenvalue weighted by molar-refractivity contribution is -0.289. The van der Waals surface area contributed by atoms with Gasteiger partial charge in [0, 0.05) is 32.4 Å². The van der Waals surface area contributed by atoms with Gasteiger partial charge in [0.2, 0.25) is 5.79 Å². The SMILES string of the molecule is CO[C@H]1C2Cc3cc4cc(OC(C)=O)c(C)c(OC(C)=O)c4c(O)c3C(=O)[C@H]2OC1(O)[C@H]1OC(C)(C)O[C@@H]1C. The lowest BCUT2D eigenvalue weighted by Gasteiger charge is -2.35. The number of aromatic hydroxyl groups is 1. The van der Waals surface area contributed by atoms with Gasteiger partial charge in [0.15, 0.2) is 11.6 Å². The first-order valence-electron chi connectivity index (χ1n) is 12.7. The van der Waals surface area contributed by atoms with Crippen LogP contribution in [-0.4, -0.2) is 71.0 Å². The third-order valence-corrected chi connectivity index (χ3v) is 7.57. The molecule has 2 aliphatic heterocycles. The van der Waals surface area contributed by atoms with Crippen LogP contribution in [0.1, 0.15) is 56.1 Å². The van der Waals surface area contributed by atoms with Crippen molar-refractivity contribution < 1.29 is 53.0 Å². The van der Waals surface area contributed by atoms with Crippen LogP contribution < -0.4 is 9.47 Å². The minimum Gasteiger partial charge on any atom is -0.506 e. The van der Waals surface area contributed by atoms with Crippen LogP contribution in [-0.2, 0) is 35.0 Å². The van der Waals surface area contributed by atoms with Crippen molar-refractivity contribution in [3.63, 3.8) is 0 Å². The first kappa shape index (κ1) is 27.5. The first-order valence-corrected chi connectivity index (χ1v) is 12.7. The second-order valence-electron chi connectivity index (χ2n) is 10.8. The number of esters is 2. The van der Waals surface area contributed by atoms with Crippen LogP contribution in [0.2, 0.25) is 0 Å². The van der Waals surface area contributed by atoms with Crippen LogP contribution in [0.15, 0.2) is 12.1 Å². The van der Waals surface area contributed by atoms with E-state index in [9.17, 15) is 24.6 Å². The number of benzene rings is 2. The Labute approximate surface area is 224 Å². The molecule has 2 saturated heterocycles. The van der Waals surface area contributed by atoms with Gasteiger partial charge in [-0.1, -0.05) is 0 Å². The van der Waals surface area contributed by atoms with E-state index in [4.69, 9.17) is 28.4 Å². The number of phenols is 1. The van der Waals surface area contributed by atoms with Crippen molar-refractivity contribution in [2.45, 2.75) is 84.0 Å². The molecule has 11 nitrogen and oxygen atoms in total. The Balaban J connectivity index is 1.64. The largest absolute Gasteiger partial charge is 0.506 e. The highest BCUT2D eigenvalue weighted by Gasteiger charge is 2.66. The Hall–Kier alpha value is -3.09. The summed E-state index contributed by atoms with van der Waals surface area (Å²) >= 11 is 0. The molecule has 39 heavy (non-hydrogen) atoms. The van der Waals surface area contributed by atoms with Gasteiger partial charge in [-0.3, -0.25) is 14.4 Å². The van der Waals surface area contributed by atoms with E-state index >= 15 is 0 Å². The number of carbonyl (C=O) groups excluding carboxylic acids is 3. The fourth-order valence-corrected chi connectivity index (χ4v) is 6.23. The third kappa shape index (κ3) is 4.29. The molecule has 2 N–H and O–H groups in total. The number of rotatable bonds is 4. The van der Waals surface area contributed by atoms with Crippen molar-refractivity contribution in [3.05, 3.63) is 28.8 Å². The van der Waals surface area contributed by atoms with Crippen molar-refractivity contribution >= 4 is 28.5 Å². The molecular weight excluding hydrogens is 512 g/mol. The summed E-state index contributed by atoms with van der Waals surface area (Å²) in [6.45, 7) is 9.18. The van der Waals surface area contributed by atoms with Gasteiger partial charge in [-0.05, 0) is 57.2 Å². The maximum atomic E-state index is 13.9. The van der Waals surface area contributed by atoms with Crippen LogP contribution in [0.25, 0.3) is 10.8 Å². The number of hydrogen-bond acceptors (Lipinski definition) is 11. The molecule has 0 saturated carbocycles. The highest BCUT2D eigenvalue weighted by molar-refractivity contribution is 6.11. The number of phenolic OH excluding ortho intramolecular Hbond substituents is 1. The third-order valence-electron chi connectivity index (χ3n) is 7.57. The average Bonchev–Trinajstić information content (AvgIpc) is 3.27. The number of carbonyl (C=O) groups is 3. The van der Waals surface area contributed by atoms with Gasteiger partial charge in [0.05, 0.1) is 17.1 Å². The van der Waals surface area contributed by atoms with E-state index in [0.717, 1.165) is 0 Å². The fraction of sp³-hybridized carbons (Fsp3) is 0.536. The molecule has 2 aromatic rings. The van der Waals surface area contributed by atoms with E-state index in [1.54, 1.807) is 39.8 Å². The molecule has 0 bridgehead atoms. The van der Waals surface area contributed by atoms with E-state index in [1.165, 1.54) is 21.0 Å². The summed E-state index contributed by atoms with van der Waals surface area (Å²) in [6.07, 6.45) is -3.40. The van der Waals surface area contributed by atoms with E-state index < -0.39 is 65.4 Å². The topological polar surface area (TPSA) is 147 Å². The number of Topliss-reactive ketones (excluding diaryl/α,β-unsaturated/α-hetero) is 1. The summed E-state index contributed by atoms with van der Waals surface area (Å²) in [5, 5.41) is 23.7. The maximum Gasteiger partial charge on any atom is 0.308 e. The summed E-state index contributed by atoms with van der Waals surface area (Å²) in [5.41, 5.74) is 0.766. The van der Waals surface area contributed by atoms with Gasteiger partial charge in [-0.2, -0.15) is 0 Å².